The Labute approximate surface area is 90.7 Å². The summed E-state index contributed by atoms with van der Waals surface area (Å²) in [6, 6.07) is 0. The van der Waals surface area contributed by atoms with Gasteiger partial charge in [-0.1, -0.05) is 0 Å². The first kappa shape index (κ1) is 9.03. The monoisotopic (exact) mass is 221 g/mol. The third kappa shape index (κ3) is 1.10. The van der Waals surface area contributed by atoms with Gasteiger partial charge in [0.2, 0.25) is 0 Å². The summed E-state index contributed by atoms with van der Waals surface area (Å²) in [7, 11) is 0. The average molecular weight is 221 g/mol. The number of hydrogen-bond acceptors (Lipinski definition) is 3. The maximum atomic E-state index is 11.8. The van der Waals surface area contributed by atoms with E-state index in [1.54, 1.807) is 11.8 Å². The lowest BCUT2D eigenvalue weighted by atomic mass is 10.2. The smallest absolute Gasteiger partial charge is 0.255 e. The number of H-pyrrole nitrogens is 1. The Kier molecular flexibility index (Phi) is 1.74. The first-order valence-electron chi connectivity index (χ1n) is 4.86. The van der Waals surface area contributed by atoms with Gasteiger partial charge in [-0.15, -0.1) is 0 Å². The van der Waals surface area contributed by atoms with Crippen LogP contribution in [0.2, 0.25) is 0 Å². The van der Waals surface area contributed by atoms with Gasteiger partial charge in [-0.3, -0.25) is 4.79 Å². The van der Waals surface area contributed by atoms with Crippen LogP contribution in [0.1, 0.15) is 22.5 Å². The minimum absolute atomic E-state index is 0.0468. The van der Waals surface area contributed by atoms with E-state index in [-0.39, 0.29) is 5.56 Å². The van der Waals surface area contributed by atoms with Crippen LogP contribution in [0.25, 0.3) is 5.65 Å². The lowest BCUT2D eigenvalue weighted by Gasteiger charge is -2.01. The summed E-state index contributed by atoms with van der Waals surface area (Å²) in [5.74, 6) is 1.69. The molecule has 3 rings (SSSR count). The molecule has 0 aromatic carbocycles. The largest absolute Gasteiger partial charge is 0.306 e. The second kappa shape index (κ2) is 2.88. The zero-order valence-corrected chi connectivity index (χ0v) is 9.44. The highest BCUT2D eigenvalue weighted by molar-refractivity contribution is 7.98. The van der Waals surface area contributed by atoms with E-state index in [1.807, 2.05) is 18.4 Å². The molecule has 0 amide bonds. The van der Waals surface area contributed by atoms with Crippen LogP contribution in [0.3, 0.4) is 0 Å². The van der Waals surface area contributed by atoms with Gasteiger partial charge in [-0.05, 0) is 13.8 Å². The lowest BCUT2D eigenvalue weighted by Crippen LogP contribution is -2.16. The fraction of sp³-hybridized carbons (Fsp3) is 0.400. The molecule has 0 aliphatic carbocycles. The van der Waals surface area contributed by atoms with Crippen molar-refractivity contribution in [3.05, 3.63) is 32.9 Å². The second-order valence-electron chi connectivity index (χ2n) is 3.84. The van der Waals surface area contributed by atoms with Gasteiger partial charge < -0.3 is 4.98 Å². The average Bonchev–Trinajstić information content (AvgIpc) is 2.77. The predicted octanol–water partition coefficient (Wildman–Crippen LogP) is 1.39. The molecule has 0 saturated carbocycles. The van der Waals surface area contributed by atoms with E-state index >= 15 is 0 Å². The molecule has 2 aromatic heterocycles. The highest BCUT2D eigenvalue weighted by Gasteiger charge is 2.20. The number of nitrogens with one attached hydrogen (secondary N) is 1. The van der Waals surface area contributed by atoms with Crippen molar-refractivity contribution in [2.45, 2.75) is 25.4 Å². The van der Waals surface area contributed by atoms with Gasteiger partial charge in [0, 0.05) is 22.6 Å². The van der Waals surface area contributed by atoms with Gasteiger partial charge in [-0.2, -0.15) is 16.9 Å². The van der Waals surface area contributed by atoms with Crippen molar-refractivity contribution in [2.24, 2.45) is 0 Å². The molecule has 2 aromatic rings. The van der Waals surface area contributed by atoms with Crippen molar-refractivity contribution >= 4 is 17.4 Å². The molecule has 15 heavy (non-hydrogen) atoms. The summed E-state index contributed by atoms with van der Waals surface area (Å²) < 4.78 is 1.89. The van der Waals surface area contributed by atoms with Crippen molar-refractivity contribution in [3.63, 3.8) is 0 Å². The highest BCUT2D eigenvalue weighted by Crippen LogP contribution is 2.27. The SMILES string of the molecule is Cc1nn2c3c(c(=O)[nH]c2c1C)CSC3. The van der Waals surface area contributed by atoms with Crippen LogP contribution in [-0.4, -0.2) is 14.6 Å². The van der Waals surface area contributed by atoms with Crippen LogP contribution >= 0.6 is 11.8 Å². The van der Waals surface area contributed by atoms with Gasteiger partial charge in [0.1, 0.15) is 5.65 Å². The molecular weight excluding hydrogens is 210 g/mol. The number of aromatic amines is 1. The standard InChI is InChI=1S/C10H11N3OS/c1-5-6(2)12-13-8-4-15-3-7(8)10(14)11-9(5)13/h3-4H2,1-2H3,(H,11,14). The summed E-state index contributed by atoms with van der Waals surface area (Å²) in [4.78, 5) is 14.7. The van der Waals surface area contributed by atoms with E-state index < -0.39 is 0 Å². The molecule has 0 unspecified atom stereocenters. The maximum Gasteiger partial charge on any atom is 0.255 e. The molecule has 1 N–H and O–H groups in total. The topological polar surface area (TPSA) is 50.2 Å². The van der Waals surface area contributed by atoms with Crippen molar-refractivity contribution in [2.75, 3.05) is 0 Å². The van der Waals surface area contributed by atoms with Crippen LogP contribution in [0.4, 0.5) is 0 Å². The van der Waals surface area contributed by atoms with E-state index in [1.165, 1.54) is 0 Å². The Bertz CT molecular complexity index is 611. The molecule has 1 aliphatic rings. The fourth-order valence-electron chi connectivity index (χ4n) is 1.94. The lowest BCUT2D eigenvalue weighted by molar-refractivity contribution is 0.857. The van der Waals surface area contributed by atoms with E-state index in [2.05, 4.69) is 10.1 Å². The Balaban J connectivity index is 2.53. The molecule has 0 radical (unpaired) electrons. The van der Waals surface area contributed by atoms with E-state index in [0.29, 0.717) is 0 Å². The van der Waals surface area contributed by atoms with Crippen LogP contribution in [0, 0.1) is 13.8 Å². The second-order valence-corrected chi connectivity index (χ2v) is 4.83. The summed E-state index contributed by atoms with van der Waals surface area (Å²) in [5.41, 5.74) is 4.89. The van der Waals surface area contributed by atoms with Crippen molar-refractivity contribution in [1.82, 2.24) is 14.6 Å². The fourth-order valence-corrected chi connectivity index (χ4v) is 3.03. The zero-order chi connectivity index (χ0) is 10.6. The quantitative estimate of drug-likeness (QED) is 0.731. The minimum Gasteiger partial charge on any atom is -0.306 e. The summed E-state index contributed by atoms with van der Waals surface area (Å²) in [6.45, 7) is 3.96. The predicted molar refractivity (Wildman–Crippen MR) is 60.3 cm³/mol. The third-order valence-corrected chi connectivity index (χ3v) is 3.93. The van der Waals surface area contributed by atoms with Crippen LogP contribution in [0.5, 0.6) is 0 Å². The Morgan fingerprint density at radius 2 is 2.20 bits per heavy atom. The molecule has 0 saturated heterocycles. The number of fused-ring (bicyclic) bond motifs is 3. The highest BCUT2D eigenvalue weighted by atomic mass is 32.2. The Morgan fingerprint density at radius 3 is 3.00 bits per heavy atom. The van der Waals surface area contributed by atoms with E-state index in [4.69, 9.17) is 0 Å². The van der Waals surface area contributed by atoms with E-state index in [0.717, 1.165) is 39.7 Å². The molecule has 1 aliphatic heterocycles. The number of hydrogen-bond donors (Lipinski definition) is 1. The molecule has 0 atom stereocenters. The van der Waals surface area contributed by atoms with Crippen LogP contribution in [0.15, 0.2) is 4.79 Å². The number of rotatable bonds is 0. The summed E-state index contributed by atoms with van der Waals surface area (Å²) >= 11 is 1.77. The zero-order valence-electron chi connectivity index (χ0n) is 8.63. The van der Waals surface area contributed by atoms with Gasteiger partial charge >= 0.3 is 0 Å². The molecule has 5 heteroatoms. The first-order valence-corrected chi connectivity index (χ1v) is 6.01. The van der Waals surface area contributed by atoms with E-state index in [9.17, 15) is 4.79 Å². The Morgan fingerprint density at radius 1 is 1.40 bits per heavy atom. The van der Waals surface area contributed by atoms with Crippen LogP contribution < -0.4 is 5.56 Å². The molecule has 0 fully saturated rings. The van der Waals surface area contributed by atoms with Crippen molar-refractivity contribution in [1.29, 1.82) is 0 Å². The number of nitrogens with zero attached hydrogens (tertiary/aromatic N) is 2. The first-order chi connectivity index (χ1) is 7.18. The normalized spacial score (nSPS) is 14.8. The van der Waals surface area contributed by atoms with Gasteiger partial charge in [0.05, 0.1) is 11.4 Å². The molecule has 78 valence electrons. The number of thioether (sulfide) groups is 1. The van der Waals surface area contributed by atoms with Gasteiger partial charge in [0.25, 0.3) is 5.56 Å². The molecule has 4 nitrogen and oxygen atoms in total. The maximum absolute atomic E-state index is 11.8. The number of aryl methyl sites for hydroxylation is 2. The summed E-state index contributed by atoms with van der Waals surface area (Å²) in [5, 5.41) is 4.46. The minimum atomic E-state index is 0.0468. The van der Waals surface area contributed by atoms with Crippen molar-refractivity contribution < 1.29 is 0 Å². The van der Waals surface area contributed by atoms with Gasteiger partial charge in [0.15, 0.2) is 0 Å². The van der Waals surface area contributed by atoms with Crippen LogP contribution in [-0.2, 0) is 11.5 Å². The number of aromatic nitrogens is 3. The summed E-state index contributed by atoms with van der Waals surface area (Å²) in [6.07, 6.45) is 0. The molecule has 0 bridgehead atoms. The van der Waals surface area contributed by atoms with Gasteiger partial charge in [-0.25, -0.2) is 4.52 Å². The molecule has 0 spiro atoms. The molecule has 3 heterocycles. The third-order valence-electron chi connectivity index (χ3n) is 2.95. The van der Waals surface area contributed by atoms with Crippen molar-refractivity contribution in [3.8, 4) is 0 Å². The molecular formula is C10H11N3OS. The Hall–Kier alpha value is -1.23.